The molecule has 0 bridgehead atoms. The van der Waals surface area contributed by atoms with Crippen LogP contribution in [0.2, 0.25) is 0 Å². The first-order chi connectivity index (χ1) is 28.6. The van der Waals surface area contributed by atoms with Crippen LogP contribution in [0.3, 0.4) is 0 Å². The standard InChI is InChI=1S/C49H64N2O8/c1-7-10-29-55-47(54)51(25-8-2)44-33-42(50-59-48(4,5)6)40-31-36(19-13-15-26-52)39(20-14-16-27-53)45-41-32-38(57-37-22-21-34-17-11-12-18-35(34)30-37)23-24-43(41)58-49(44,46(40)45)56-28-9-3/h7,9,11-12,17-18,21-24,30-32,36,39,44-46,52-53H,1,3,8,10,13-16,19-20,25-29,33H2,2,4-6H3/t36-,39+,44-,45+,46+,49+/m0/s1. The Hall–Kier alpha value is -4.64. The summed E-state index contributed by atoms with van der Waals surface area (Å²) in [6.07, 6.45) is 11.6. The quantitative estimate of drug-likeness (QED) is 0.0658. The zero-order valence-corrected chi connectivity index (χ0v) is 35.4. The minimum Gasteiger partial charge on any atom is -0.459 e. The van der Waals surface area contributed by atoms with Crippen molar-refractivity contribution in [2.45, 2.75) is 109 Å². The first-order valence-corrected chi connectivity index (χ1v) is 21.5. The molecule has 0 aromatic heterocycles. The Balaban J connectivity index is 1.58. The maximum atomic E-state index is 14.2. The third-order valence-corrected chi connectivity index (χ3v) is 11.7. The number of amides is 1. The first kappa shape index (κ1) is 43.9. The number of hydrogen-bond donors (Lipinski definition) is 2. The number of rotatable bonds is 20. The van der Waals surface area contributed by atoms with Gasteiger partial charge < -0.3 is 34.0 Å². The minimum atomic E-state index is -1.36. The van der Waals surface area contributed by atoms with Crippen LogP contribution in [0.5, 0.6) is 17.2 Å². The fourth-order valence-electron chi connectivity index (χ4n) is 9.20. The number of fused-ring (bicyclic) bond motifs is 3. The van der Waals surface area contributed by atoms with E-state index in [1.807, 2.05) is 58.0 Å². The highest BCUT2D eigenvalue weighted by atomic mass is 16.7. The van der Waals surface area contributed by atoms with E-state index in [0.29, 0.717) is 50.1 Å². The fraction of sp³-hybridized carbons (Fsp3) is 0.510. The molecule has 59 heavy (non-hydrogen) atoms. The van der Waals surface area contributed by atoms with Gasteiger partial charge in [0, 0.05) is 37.7 Å². The molecule has 6 rings (SSSR count). The highest BCUT2D eigenvalue weighted by Gasteiger charge is 2.65. The van der Waals surface area contributed by atoms with Gasteiger partial charge in [-0.05, 0) is 118 Å². The van der Waals surface area contributed by atoms with Crippen LogP contribution in [0, 0.1) is 17.8 Å². The summed E-state index contributed by atoms with van der Waals surface area (Å²) in [5, 5.41) is 27.0. The van der Waals surface area contributed by atoms with Gasteiger partial charge in [-0.3, -0.25) is 4.90 Å². The van der Waals surface area contributed by atoms with Gasteiger partial charge in [0.15, 0.2) is 0 Å². The van der Waals surface area contributed by atoms with Crippen LogP contribution in [0.25, 0.3) is 10.8 Å². The molecule has 1 amide bonds. The van der Waals surface area contributed by atoms with Gasteiger partial charge in [0.25, 0.3) is 0 Å². The maximum Gasteiger partial charge on any atom is 0.410 e. The molecule has 10 nitrogen and oxygen atoms in total. The number of carbonyl (C=O) groups is 1. The Labute approximate surface area is 350 Å². The molecule has 1 fully saturated rings. The van der Waals surface area contributed by atoms with Crippen LogP contribution in [0.1, 0.15) is 97.0 Å². The number of oxime groups is 1. The summed E-state index contributed by atoms with van der Waals surface area (Å²) in [6.45, 7) is 16.8. The van der Waals surface area contributed by atoms with E-state index in [1.54, 1.807) is 17.1 Å². The van der Waals surface area contributed by atoms with Crippen molar-refractivity contribution >= 4 is 22.6 Å². The zero-order chi connectivity index (χ0) is 42.0. The molecule has 1 heterocycles. The van der Waals surface area contributed by atoms with Gasteiger partial charge >= 0.3 is 6.09 Å². The number of unbranched alkanes of at least 4 members (excludes halogenated alkanes) is 2. The van der Waals surface area contributed by atoms with Crippen LogP contribution in [0.15, 0.2) is 103 Å². The predicted octanol–water partition coefficient (Wildman–Crippen LogP) is 10.5. The summed E-state index contributed by atoms with van der Waals surface area (Å²) >= 11 is 0. The van der Waals surface area contributed by atoms with Crippen LogP contribution in [0.4, 0.5) is 4.79 Å². The summed E-state index contributed by atoms with van der Waals surface area (Å²) in [6, 6.07) is 19.7. The van der Waals surface area contributed by atoms with Crippen molar-refractivity contribution in [2.24, 2.45) is 22.9 Å². The topological polar surface area (TPSA) is 119 Å². The normalized spacial score (nSPS) is 24.0. The summed E-state index contributed by atoms with van der Waals surface area (Å²) in [4.78, 5) is 22.2. The SMILES string of the molecule is C=CCCOC(=O)N(CCC)[C@H]1CC(=NOC(C)(C)C)C2=C[C@H](CCCCO)[C@@H](CCCCO)[C@@H]3c4cc(Oc5ccc6ccccc6c5)ccc4O[C@@]1(OCC=C)[C@H]23. The van der Waals surface area contributed by atoms with E-state index in [2.05, 4.69) is 49.6 Å². The third-order valence-electron chi connectivity index (χ3n) is 11.7. The molecule has 1 saturated carbocycles. The molecule has 0 saturated heterocycles. The van der Waals surface area contributed by atoms with E-state index in [9.17, 15) is 15.0 Å². The number of benzene rings is 3. The molecular weight excluding hydrogens is 745 g/mol. The van der Waals surface area contributed by atoms with E-state index >= 15 is 0 Å². The monoisotopic (exact) mass is 808 g/mol. The van der Waals surface area contributed by atoms with Gasteiger partial charge in [-0.25, -0.2) is 4.79 Å². The van der Waals surface area contributed by atoms with Crippen LogP contribution in [-0.4, -0.2) is 77.3 Å². The Morgan fingerprint density at radius 1 is 0.966 bits per heavy atom. The molecular formula is C49H64N2O8. The third kappa shape index (κ3) is 10.0. The lowest BCUT2D eigenvalue weighted by molar-refractivity contribution is -0.255. The molecule has 3 aromatic carbocycles. The van der Waals surface area contributed by atoms with E-state index in [-0.39, 0.29) is 44.2 Å². The van der Waals surface area contributed by atoms with E-state index in [1.165, 1.54) is 0 Å². The molecule has 2 aliphatic carbocycles. The van der Waals surface area contributed by atoms with Crippen molar-refractivity contribution in [3.63, 3.8) is 0 Å². The highest BCUT2D eigenvalue weighted by Crippen LogP contribution is 2.62. The van der Waals surface area contributed by atoms with Gasteiger partial charge in [-0.2, -0.15) is 0 Å². The number of aliphatic hydroxyl groups is 2. The van der Waals surface area contributed by atoms with Crippen LogP contribution >= 0.6 is 0 Å². The number of aliphatic hydroxyl groups excluding tert-OH is 2. The number of ether oxygens (including phenoxy) is 4. The van der Waals surface area contributed by atoms with Crippen molar-refractivity contribution in [3.05, 3.63) is 103 Å². The van der Waals surface area contributed by atoms with Crippen molar-refractivity contribution in [2.75, 3.05) is 33.0 Å². The molecule has 0 radical (unpaired) electrons. The first-order valence-electron chi connectivity index (χ1n) is 21.5. The minimum absolute atomic E-state index is 0.0852. The fourth-order valence-corrected chi connectivity index (χ4v) is 9.20. The number of allylic oxidation sites excluding steroid dienone is 1. The lowest BCUT2D eigenvalue weighted by atomic mass is 9.55. The molecule has 3 aromatic rings. The summed E-state index contributed by atoms with van der Waals surface area (Å²) in [5.41, 5.74) is 2.14. The van der Waals surface area contributed by atoms with Gasteiger partial charge in [0.1, 0.15) is 28.9 Å². The molecule has 0 spiro atoms. The van der Waals surface area contributed by atoms with Crippen molar-refractivity contribution in [1.29, 1.82) is 0 Å². The second kappa shape index (κ2) is 20.1. The van der Waals surface area contributed by atoms with E-state index in [4.69, 9.17) is 28.9 Å². The van der Waals surface area contributed by atoms with Crippen molar-refractivity contribution in [1.82, 2.24) is 4.90 Å². The molecule has 10 heteroatoms. The van der Waals surface area contributed by atoms with Gasteiger partial charge in [0.2, 0.25) is 5.79 Å². The Morgan fingerprint density at radius 2 is 1.69 bits per heavy atom. The average Bonchev–Trinajstić information content (AvgIpc) is 3.22. The summed E-state index contributed by atoms with van der Waals surface area (Å²) in [7, 11) is 0. The number of nitrogens with zero attached hydrogens (tertiary/aromatic N) is 2. The van der Waals surface area contributed by atoms with Crippen molar-refractivity contribution in [3.8, 4) is 17.2 Å². The smallest absolute Gasteiger partial charge is 0.410 e. The molecule has 2 N–H and O–H groups in total. The zero-order valence-electron chi connectivity index (χ0n) is 35.4. The number of hydrogen-bond acceptors (Lipinski definition) is 9. The van der Waals surface area contributed by atoms with Gasteiger partial charge in [0.05, 0.1) is 24.8 Å². The summed E-state index contributed by atoms with van der Waals surface area (Å²) in [5.74, 6) is 0.295. The Kier molecular flexibility index (Phi) is 14.9. The van der Waals surface area contributed by atoms with Gasteiger partial charge in [-0.15, -0.1) is 13.2 Å². The molecule has 3 aliphatic rings. The average molecular weight is 809 g/mol. The van der Waals surface area contributed by atoms with E-state index < -0.39 is 29.4 Å². The van der Waals surface area contributed by atoms with Gasteiger partial charge in [-0.1, -0.05) is 73.5 Å². The predicted molar refractivity (Wildman–Crippen MR) is 233 cm³/mol. The molecule has 6 atom stereocenters. The highest BCUT2D eigenvalue weighted by molar-refractivity contribution is 6.03. The largest absolute Gasteiger partial charge is 0.459 e. The van der Waals surface area contributed by atoms with E-state index in [0.717, 1.165) is 59.1 Å². The second-order valence-electron chi connectivity index (χ2n) is 17.0. The summed E-state index contributed by atoms with van der Waals surface area (Å²) < 4.78 is 26.9. The Morgan fingerprint density at radius 3 is 2.41 bits per heavy atom. The van der Waals surface area contributed by atoms with Crippen LogP contribution in [-0.2, 0) is 14.3 Å². The molecule has 1 aliphatic heterocycles. The van der Waals surface area contributed by atoms with Crippen LogP contribution < -0.4 is 9.47 Å². The molecule has 0 unspecified atom stereocenters. The lowest BCUT2D eigenvalue weighted by Crippen LogP contribution is -2.70. The molecule has 318 valence electrons. The van der Waals surface area contributed by atoms with Crippen molar-refractivity contribution < 1.29 is 38.8 Å². The maximum absolute atomic E-state index is 14.2. The second-order valence-corrected chi connectivity index (χ2v) is 17.0. The number of carbonyl (C=O) groups excluding carboxylic acids is 1. The Bertz CT molecular complexity index is 1970. The lowest BCUT2D eigenvalue weighted by Gasteiger charge is -2.60.